The maximum absolute atomic E-state index is 11.5. The second-order valence-electron chi connectivity index (χ2n) is 11.8. The molecule has 212 valence electrons. The lowest BCUT2D eigenvalue weighted by atomic mass is 9.98. The number of hydrogen-bond donors (Lipinski definition) is 1. The van der Waals surface area contributed by atoms with Gasteiger partial charge in [-0.2, -0.15) is 0 Å². The van der Waals surface area contributed by atoms with Gasteiger partial charge in [-0.3, -0.25) is 9.69 Å². The van der Waals surface area contributed by atoms with Crippen LogP contribution in [0.3, 0.4) is 0 Å². The molecule has 40 heavy (non-hydrogen) atoms. The fourth-order valence-corrected chi connectivity index (χ4v) is 7.26. The third kappa shape index (κ3) is 5.62. The molecule has 3 aromatic rings. The van der Waals surface area contributed by atoms with Gasteiger partial charge < -0.3 is 19.5 Å². The van der Waals surface area contributed by atoms with Crippen molar-refractivity contribution >= 4 is 22.4 Å². The van der Waals surface area contributed by atoms with Crippen molar-refractivity contribution in [2.45, 2.75) is 58.1 Å². The predicted octanol–water partition coefficient (Wildman–Crippen LogP) is 5.58. The lowest BCUT2D eigenvalue weighted by Crippen LogP contribution is -2.48. The van der Waals surface area contributed by atoms with Crippen LogP contribution in [0, 0.1) is 12.8 Å². The zero-order chi connectivity index (χ0) is 27.7. The molecule has 0 unspecified atom stereocenters. The number of aryl methyl sites for hydroxylation is 1. The number of piperidine rings is 1. The van der Waals surface area contributed by atoms with Gasteiger partial charge in [0.15, 0.2) is 5.13 Å². The van der Waals surface area contributed by atoms with E-state index in [1.165, 1.54) is 16.7 Å². The molecule has 7 nitrogen and oxygen atoms in total. The van der Waals surface area contributed by atoms with E-state index in [9.17, 15) is 9.90 Å². The van der Waals surface area contributed by atoms with Crippen LogP contribution in [-0.2, 0) is 29.0 Å². The first-order chi connectivity index (χ1) is 19.4. The van der Waals surface area contributed by atoms with Gasteiger partial charge >= 0.3 is 5.97 Å². The monoisotopic (exact) mass is 561 g/mol. The van der Waals surface area contributed by atoms with E-state index in [-0.39, 0.29) is 11.5 Å². The molecule has 0 bridgehead atoms. The Labute approximate surface area is 240 Å². The lowest BCUT2D eigenvalue weighted by Gasteiger charge is -2.36. The van der Waals surface area contributed by atoms with Gasteiger partial charge in [0.25, 0.3) is 0 Å². The Bertz CT molecular complexity index is 1370. The fourth-order valence-electron chi connectivity index (χ4n) is 6.40. The van der Waals surface area contributed by atoms with Crippen LogP contribution in [0.2, 0.25) is 0 Å². The molecule has 3 aliphatic heterocycles. The zero-order valence-corrected chi connectivity index (χ0v) is 24.3. The van der Waals surface area contributed by atoms with Gasteiger partial charge in [0, 0.05) is 49.3 Å². The Kier molecular flexibility index (Phi) is 7.84. The maximum Gasteiger partial charge on any atom is 0.308 e. The molecule has 8 heteroatoms. The number of carboxylic acid groups (broad SMARTS) is 1. The topological polar surface area (TPSA) is 75.1 Å². The van der Waals surface area contributed by atoms with Crippen LogP contribution >= 0.6 is 11.3 Å². The highest BCUT2D eigenvalue weighted by Gasteiger charge is 2.36. The summed E-state index contributed by atoms with van der Waals surface area (Å²) in [4.78, 5) is 21.2. The first-order valence-electron chi connectivity index (χ1n) is 14.5. The van der Waals surface area contributed by atoms with Crippen LogP contribution < -0.4 is 9.64 Å². The normalized spacial score (nSPS) is 23.6. The number of nitrogens with zero attached hydrogens (tertiary/aromatic N) is 3. The highest BCUT2D eigenvalue weighted by atomic mass is 32.1. The average molecular weight is 562 g/mol. The smallest absolute Gasteiger partial charge is 0.308 e. The Balaban J connectivity index is 1.16. The number of ether oxygens (including phenoxy) is 2. The molecule has 1 aromatic heterocycles. The predicted molar refractivity (Wildman–Crippen MR) is 158 cm³/mol. The van der Waals surface area contributed by atoms with E-state index in [0.29, 0.717) is 13.2 Å². The maximum atomic E-state index is 11.5. The SMILES string of the molecule is Cc1cccc(-c2csc(N3CCC[C@H](C(=O)O)C3)n2)c1OCc1ccc2c(c1)CCN([C@@]1(C)CCOC1)CC2. The third-order valence-corrected chi connectivity index (χ3v) is 9.84. The van der Waals surface area contributed by atoms with Gasteiger partial charge in [-0.1, -0.05) is 30.3 Å². The highest BCUT2D eigenvalue weighted by Crippen LogP contribution is 2.37. The van der Waals surface area contributed by atoms with Crippen LogP contribution in [-0.4, -0.2) is 65.9 Å². The summed E-state index contributed by atoms with van der Waals surface area (Å²) in [6.07, 6.45) is 4.84. The summed E-state index contributed by atoms with van der Waals surface area (Å²) in [5, 5.41) is 12.4. The highest BCUT2D eigenvalue weighted by molar-refractivity contribution is 7.14. The Morgan fingerprint density at radius 3 is 2.85 bits per heavy atom. The fraction of sp³-hybridized carbons (Fsp3) is 0.500. The molecule has 2 aromatic carbocycles. The van der Waals surface area contributed by atoms with E-state index >= 15 is 0 Å². The number of fused-ring (bicyclic) bond motifs is 1. The summed E-state index contributed by atoms with van der Waals surface area (Å²) >= 11 is 1.57. The van der Waals surface area contributed by atoms with Crippen molar-refractivity contribution in [2.75, 3.05) is 44.3 Å². The van der Waals surface area contributed by atoms with Crippen molar-refractivity contribution in [3.63, 3.8) is 0 Å². The van der Waals surface area contributed by atoms with Gasteiger partial charge in [-0.15, -0.1) is 11.3 Å². The molecule has 2 atom stereocenters. The largest absolute Gasteiger partial charge is 0.488 e. The number of para-hydroxylation sites is 1. The van der Waals surface area contributed by atoms with Crippen molar-refractivity contribution in [3.05, 3.63) is 64.0 Å². The van der Waals surface area contributed by atoms with Crippen LogP contribution in [0.1, 0.15) is 48.4 Å². The minimum atomic E-state index is -0.719. The number of carboxylic acids is 1. The minimum absolute atomic E-state index is 0.163. The third-order valence-electron chi connectivity index (χ3n) is 8.94. The number of rotatable bonds is 7. The molecular weight excluding hydrogens is 522 g/mol. The average Bonchev–Trinajstić information content (AvgIpc) is 3.58. The second-order valence-corrected chi connectivity index (χ2v) is 12.6. The van der Waals surface area contributed by atoms with Crippen molar-refractivity contribution in [3.8, 4) is 17.0 Å². The Morgan fingerprint density at radius 2 is 2.05 bits per heavy atom. The summed E-state index contributed by atoms with van der Waals surface area (Å²) in [6.45, 7) is 10.1. The standard InChI is InChI=1S/C32H39N3O4S/c1-22-5-3-7-27(28-20-40-31(33-28)34-13-4-6-26(18-34)30(36)37)29(22)39-19-23-8-9-24-10-14-35(15-11-25(24)17-23)32(2)12-16-38-21-32/h3,5,7-9,17,20,26H,4,6,10-16,18-19,21H2,1-2H3,(H,36,37)/t26-,32-/m0/s1. The molecule has 4 heterocycles. The van der Waals surface area contributed by atoms with Gasteiger partial charge in [0.2, 0.25) is 0 Å². The first-order valence-corrected chi connectivity index (χ1v) is 15.4. The van der Waals surface area contributed by atoms with Gasteiger partial charge in [-0.25, -0.2) is 4.98 Å². The zero-order valence-electron chi connectivity index (χ0n) is 23.5. The van der Waals surface area contributed by atoms with Crippen LogP contribution in [0.4, 0.5) is 5.13 Å². The second kappa shape index (κ2) is 11.5. The molecule has 0 amide bonds. The van der Waals surface area contributed by atoms with Crippen molar-refractivity contribution < 1.29 is 19.4 Å². The lowest BCUT2D eigenvalue weighted by molar-refractivity contribution is -0.141. The number of thiazole rings is 1. The van der Waals surface area contributed by atoms with Crippen molar-refractivity contribution in [1.29, 1.82) is 0 Å². The Morgan fingerprint density at radius 1 is 1.20 bits per heavy atom. The summed E-state index contributed by atoms with van der Waals surface area (Å²) in [6, 6.07) is 13.0. The summed E-state index contributed by atoms with van der Waals surface area (Å²) in [5.74, 6) is -0.192. The van der Waals surface area contributed by atoms with Gasteiger partial charge in [0.05, 0.1) is 18.2 Å². The number of carbonyl (C=O) groups is 1. The summed E-state index contributed by atoms with van der Waals surface area (Å²) < 4.78 is 12.2. The van der Waals surface area contributed by atoms with E-state index in [2.05, 4.69) is 59.4 Å². The molecule has 0 saturated carbocycles. The number of anilines is 1. The molecule has 2 fully saturated rings. The molecule has 1 N–H and O–H groups in total. The van der Waals surface area contributed by atoms with E-state index in [1.54, 1.807) is 11.3 Å². The van der Waals surface area contributed by atoms with Crippen molar-refractivity contribution in [2.24, 2.45) is 5.92 Å². The van der Waals surface area contributed by atoms with E-state index < -0.39 is 5.97 Å². The number of benzene rings is 2. The summed E-state index contributed by atoms with van der Waals surface area (Å²) in [7, 11) is 0. The molecular formula is C32H39N3O4S. The van der Waals surface area contributed by atoms with E-state index in [4.69, 9.17) is 14.5 Å². The van der Waals surface area contributed by atoms with Crippen LogP contribution in [0.5, 0.6) is 5.75 Å². The van der Waals surface area contributed by atoms with Crippen LogP contribution in [0.25, 0.3) is 11.3 Å². The van der Waals surface area contributed by atoms with Crippen LogP contribution in [0.15, 0.2) is 41.8 Å². The minimum Gasteiger partial charge on any atom is -0.488 e. The molecule has 0 radical (unpaired) electrons. The molecule has 6 rings (SSSR count). The number of aliphatic carboxylic acids is 1. The quantitative estimate of drug-likeness (QED) is 0.404. The van der Waals surface area contributed by atoms with E-state index in [0.717, 1.165) is 92.7 Å². The van der Waals surface area contributed by atoms with E-state index in [1.807, 2.05) is 6.07 Å². The van der Waals surface area contributed by atoms with Crippen molar-refractivity contribution in [1.82, 2.24) is 9.88 Å². The van der Waals surface area contributed by atoms with Gasteiger partial charge in [0.1, 0.15) is 12.4 Å². The molecule has 0 aliphatic carbocycles. The first kappa shape index (κ1) is 27.2. The van der Waals surface area contributed by atoms with Gasteiger partial charge in [-0.05, 0) is 74.3 Å². The number of aromatic nitrogens is 1. The number of hydrogen-bond acceptors (Lipinski definition) is 7. The molecule has 2 saturated heterocycles. The molecule has 3 aliphatic rings. The molecule has 0 spiro atoms. The Hall–Kier alpha value is -2.94. The summed E-state index contributed by atoms with van der Waals surface area (Å²) in [5.41, 5.74) is 7.16.